The molecule has 0 aliphatic heterocycles. The van der Waals surface area contributed by atoms with Crippen LogP contribution in [0.5, 0.6) is 5.75 Å². The summed E-state index contributed by atoms with van der Waals surface area (Å²) in [7, 11) is 0. The smallest absolute Gasteiger partial charge is 0.261 e. The maximum Gasteiger partial charge on any atom is 0.261 e. The van der Waals surface area contributed by atoms with E-state index in [9.17, 15) is 9.59 Å². The third kappa shape index (κ3) is 8.17. The van der Waals surface area contributed by atoms with E-state index in [1.807, 2.05) is 25.1 Å². The van der Waals surface area contributed by atoms with Crippen LogP contribution in [0.3, 0.4) is 0 Å². The molecule has 8 heteroatoms. The summed E-state index contributed by atoms with van der Waals surface area (Å²) in [6.45, 7) is 8.78. The van der Waals surface area contributed by atoms with Crippen LogP contribution in [-0.2, 0) is 16.1 Å². The Balaban J connectivity index is 2.23. The summed E-state index contributed by atoms with van der Waals surface area (Å²) < 4.78 is 6.63. The van der Waals surface area contributed by atoms with Gasteiger partial charge in [0.25, 0.3) is 5.91 Å². The molecule has 0 heterocycles. The number of nitrogens with zero attached hydrogens (tertiary/aromatic N) is 1. The molecule has 0 fully saturated rings. The Morgan fingerprint density at radius 2 is 1.82 bits per heavy atom. The van der Waals surface area contributed by atoms with Crippen molar-refractivity contribution in [1.82, 2.24) is 10.2 Å². The third-order valence-corrected chi connectivity index (χ3v) is 6.88. The molecular formula is C26H33BrCl2N2O3. The number of amides is 2. The highest BCUT2D eigenvalue weighted by Crippen LogP contribution is 2.29. The van der Waals surface area contributed by atoms with E-state index < -0.39 is 6.04 Å². The number of unbranched alkanes of at least 4 members (excludes halogenated alkanes) is 1. The Bertz CT molecular complexity index is 985. The summed E-state index contributed by atoms with van der Waals surface area (Å²) in [5.74, 6) is 0.494. The summed E-state index contributed by atoms with van der Waals surface area (Å²) in [6.07, 6.45) is 2.32. The number of halogens is 3. The number of carbonyl (C=O) groups is 2. The Kier molecular flexibility index (Phi) is 11.7. The molecule has 1 N–H and O–H groups in total. The van der Waals surface area contributed by atoms with Gasteiger partial charge >= 0.3 is 0 Å². The monoisotopic (exact) mass is 570 g/mol. The van der Waals surface area contributed by atoms with Gasteiger partial charge in [-0.3, -0.25) is 9.59 Å². The minimum atomic E-state index is -0.630. The SMILES string of the molecule is CCCCNC(=O)[C@@H](CC)N(Cc1ccc(Cl)c(Cl)c1)C(=O)COc1ccc(C(C)C)cc1Br. The molecule has 2 rings (SSSR count). The zero-order valence-electron chi connectivity index (χ0n) is 20.2. The van der Waals surface area contributed by atoms with Crippen molar-refractivity contribution in [1.29, 1.82) is 0 Å². The molecule has 0 unspecified atom stereocenters. The number of rotatable bonds is 12. The van der Waals surface area contributed by atoms with Crippen LogP contribution in [0.15, 0.2) is 40.9 Å². The normalized spacial score (nSPS) is 11.9. The predicted molar refractivity (Wildman–Crippen MR) is 143 cm³/mol. The van der Waals surface area contributed by atoms with E-state index in [1.54, 1.807) is 23.1 Å². The lowest BCUT2D eigenvalue weighted by molar-refractivity contribution is -0.143. The molecular weight excluding hydrogens is 539 g/mol. The molecule has 2 amide bonds. The molecule has 5 nitrogen and oxygen atoms in total. The first-order chi connectivity index (χ1) is 16.2. The molecule has 0 bridgehead atoms. The highest BCUT2D eigenvalue weighted by Gasteiger charge is 2.29. The summed E-state index contributed by atoms with van der Waals surface area (Å²) >= 11 is 15.8. The van der Waals surface area contributed by atoms with Crippen molar-refractivity contribution in [3.05, 3.63) is 62.0 Å². The van der Waals surface area contributed by atoms with E-state index in [0.717, 1.165) is 22.9 Å². The maximum absolute atomic E-state index is 13.3. The van der Waals surface area contributed by atoms with E-state index >= 15 is 0 Å². The number of hydrogen-bond donors (Lipinski definition) is 1. The van der Waals surface area contributed by atoms with Crippen LogP contribution in [0.4, 0.5) is 0 Å². The fourth-order valence-corrected chi connectivity index (χ4v) is 4.31. The van der Waals surface area contributed by atoms with Crippen molar-refractivity contribution in [2.24, 2.45) is 0 Å². The van der Waals surface area contributed by atoms with Crippen molar-refractivity contribution in [3.8, 4) is 5.75 Å². The van der Waals surface area contributed by atoms with Crippen LogP contribution in [-0.4, -0.2) is 35.9 Å². The van der Waals surface area contributed by atoms with Gasteiger partial charge in [0, 0.05) is 13.1 Å². The second kappa shape index (κ2) is 14.0. The van der Waals surface area contributed by atoms with Gasteiger partial charge in [0.1, 0.15) is 11.8 Å². The molecule has 0 aliphatic rings. The van der Waals surface area contributed by atoms with E-state index in [4.69, 9.17) is 27.9 Å². The van der Waals surface area contributed by atoms with E-state index in [0.29, 0.717) is 34.7 Å². The molecule has 0 saturated carbocycles. The lowest BCUT2D eigenvalue weighted by Crippen LogP contribution is -2.50. The minimum Gasteiger partial charge on any atom is -0.483 e. The fourth-order valence-electron chi connectivity index (χ4n) is 3.48. The van der Waals surface area contributed by atoms with Crippen molar-refractivity contribution >= 4 is 50.9 Å². The Hall–Kier alpha value is -1.76. The van der Waals surface area contributed by atoms with Gasteiger partial charge in [-0.25, -0.2) is 0 Å². The van der Waals surface area contributed by atoms with Gasteiger partial charge in [-0.15, -0.1) is 0 Å². The molecule has 0 aromatic heterocycles. The number of carbonyl (C=O) groups excluding carboxylic acids is 2. The second-order valence-corrected chi connectivity index (χ2v) is 10.1. The fraction of sp³-hybridized carbons (Fsp3) is 0.462. The van der Waals surface area contributed by atoms with Gasteiger partial charge in [-0.2, -0.15) is 0 Å². The average molecular weight is 572 g/mol. The first kappa shape index (κ1) is 28.5. The van der Waals surface area contributed by atoms with Crippen molar-refractivity contribution in [2.75, 3.05) is 13.2 Å². The Morgan fingerprint density at radius 3 is 2.41 bits per heavy atom. The molecule has 34 heavy (non-hydrogen) atoms. The molecule has 2 aromatic carbocycles. The molecule has 0 spiro atoms. The van der Waals surface area contributed by atoms with Crippen LogP contribution >= 0.6 is 39.1 Å². The molecule has 186 valence electrons. The van der Waals surface area contributed by atoms with Crippen LogP contribution in [0, 0.1) is 0 Å². The second-order valence-electron chi connectivity index (χ2n) is 8.47. The third-order valence-electron chi connectivity index (χ3n) is 5.53. The van der Waals surface area contributed by atoms with Crippen LogP contribution in [0.1, 0.15) is 64.0 Å². The Labute approximate surface area is 221 Å². The summed E-state index contributed by atoms with van der Waals surface area (Å²) in [4.78, 5) is 27.8. The quantitative estimate of drug-likeness (QED) is 0.279. The van der Waals surface area contributed by atoms with Gasteiger partial charge in [0.15, 0.2) is 6.61 Å². The largest absolute Gasteiger partial charge is 0.483 e. The van der Waals surface area contributed by atoms with Crippen LogP contribution in [0.25, 0.3) is 0 Å². The van der Waals surface area contributed by atoms with Gasteiger partial charge < -0.3 is 15.0 Å². The summed E-state index contributed by atoms with van der Waals surface area (Å²) in [6, 6.07) is 10.4. The number of ether oxygens (including phenoxy) is 1. The predicted octanol–water partition coefficient (Wildman–Crippen LogP) is 6.98. The van der Waals surface area contributed by atoms with Gasteiger partial charge in [-0.05, 0) is 70.1 Å². The zero-order chi connectivity index (χ0) is 25.3. The topological polar surface area (TPSA) is 58.6 Å². The van der Waals surface area contributed by atoms with Crippen molar-refractivity contribution < 1.29 is 14.3 Å². The lowest BCUT2D eigenvalue weighted by atomic mass is 10.0. The number of hydrogen-bond acceptors (Lipinski definition) is 3. The summed E-state index contributed by atoms with van der Waals surface area (Å²) in [5, 5.41) is 3.78. The molecule has 0 aliphatic carbocycles. The van der Waals surface area contributed by atoms with Crippen LogP contribution < -0.4 is 10.1 Å². The maximum atomic E-state index is 13.3. The number of nitrogens with one attached hydrogen (secondary N) is 1. The lowest BCUT2D eigenvalue weighted by Gasteiger charge is -2.30. The average Bonchev–Trinajstić information content (AvgIpc) is 2.80. The van der Waals surface area contributed by atoms with Gasteiger partial charge in [-0.1, -0.05) is 69.5 Å². The first-order valence-electron chi connectivity index (χ1n) is 11.6. The van der Waals surface area contributed by atoms with E-state index in [2.05, 4.69) is 42.0 Å². The molecule has 1 atom stereocenters. The summed E-state index contributed by atoms with van der Waals surface area (Å²) in [5.41, 5.74) is 1.95. The highest BCUT2D eigenvalue weighted by atomic mass is 79.9. The van der Waals surface area contributed by atoms with Crippen molar-refractivity contribution in [2.45, 2.75) is 65.5 Å². The molecule has 0 radical (unpaired) electrons. The minimum absolute atomic E-state index is 0.174. The standard InChI is InChI=1S/C26H33BrCl2N2O3/c1-5-7-12-30-26(33)23(6-2)31(15-18-8-10-21(28)22(29)13-18)25(32)16-34-24-11-9-19(17(3)4)14-20(24)27/h8-11,13-14,17,23H,5-7,12,15-16H2,1-4H3,(H,30,33)/t23-/m1/s1. The van der Waals surface area contributed by atoms with E-state index in [-0.39, 0.29) is 25.0 Å². The van der Waals surface area contributed by atoms with Gasteiger partial charge in [0.2, 0.25) is 5.91 Å². The highest BCUT2D eigenvalue weighted by molar-refractivity contribution is 9.10. The Morgan fingerprint density at radius 1 is 1.09 bits per heavy atom. The van der Waals surface area contributed by atoms with Gasteiger partial charge in [0.05, 0.1) is 14.5 Å². The molecule has 0 saturated heterocycles. The van der Waals surface area contributed by atoms with Crippen molar-refractivity contribution in [3.63, 3.8) is 0 Å². The molecule has 2 aromatic rings. The number of benzene rings is 2. The first-order valence-corrected chi connectivity index (χ1v) is 13.2. The van der Waals surface area contributed by atoms with E-state index in [1.165, 1.54) is 5.56 Å². The van der Waals surface area contributed by atoms with Crippen LogP contribution in [0.2, 0.25) is 10.0 Å². The zero-order valence-corrected chi connectivity index (χ0v) is 23.3.